The summed E-state index contributed by atoms with van der Waals surface area (Å²) >= 11 is 0. The molecule has 0 saturated carbocycles. The lowest BCUT2D eigenvalue weighted by atomic mass is 10.1. The Hall–Kier alpha value is -5.16. The molecule has 0 unspecified atom stereocenters. The van der Waals surface area contributed by atoms with Crippen LogP contribution in [0.25, 0.3) is 21.9 Å². The Bertz CT molecular complexity index is 1930. The Morgan fingerprint density at radius 1 is 1.09 bits per heavy atom. The van der Waals surface area contributed by atoms with Crippen molar-refractivity contribution >= 4 is 45.0 Å². The van der Waals surface area contributed by atoms with Gasteiger partial charge in [-0.25, -0.2) is 15.0 Å². The Morgan fingerprint density at radius 2 is 1.98 bits per heavy atom. The average molecular weight is 605 g/mol. The molecule has 2 aromatic heterocycles. The molecule has 4 heterocycles. The van der Waals surface area contributed by atoms with Crippen molar-refractivity contribution in [3.05, 3.63) is 78.9 Å². The summed E-state index contributed by atoms with van der Waals surface area (Å²) in [6.45, 7) is 5.18. The maximum absolute atomic E-state index is 13.0. The van der Waals surface area contributed by atoms with E-state index in [2.05, 4.69) is 31.2 Å². The highest BCUT2D eigenvalue weighted by molar-refractivity contribution is 6.00. The summed E-state index contributed by atoms with van der Waals surface area (Å²) in [5.74, 6) is 2.90. The highest BCUT2D eigenvalue weighted by Crippen LogP contribution is 2.42. The largest absolute Gasteiger partial charge is 0.488 e. The van der Waals surface area contributed by atoms with Gasteiger partial charge in [-0.3, -0.25) is 4.79 Å². The normalized spacial score (nSPS) is 16.2. The van der Waals surface area contributed by atoms with Crippen molar-refractivity contribution in [2.45, 2.75) is 13.0 Å². The molecule has 5 aromatic rings. The zero-order chi connectivity index (χ0) is 31.1. The van der Waals surface area contributed by atoms with Crippen LogP contribution in [-0.4, -0.2) is 88.1 Å². The van der Waals surface area contributed by atoms with E-state index >= 15 is 0 Å². The fourth-order valence-corrected chi connectivity index (χ4v) is 6.03. The van der Waals surface area contributed by atoms with E-state index in [1.165, 1.54) is 0 Å². The van der Waals surface area contributed by atoms with Crippen LogP contribution in [0.2, 0.25) is 0 Å². The van der Waals surface area contributed by atoms with Gasteiger partial charge in [0, 0.05) is 51.1 Å². The fourth-order valence-electron chi connectivity index (χ4n) is 6.03. The summed E-state index contributed by atoms with van der Waals surface area (Å²) in [5, 5.41) is 4.31. The second kappa shape index (κ2) is 11.7. The Labute approximate surface area is 261 Å². The van der Waals surface area contributed by atoms with Gasteiger partial charge in [-0.15, -0.1) is 0 Å². The van der Waals surface area contributed by atoms with Gasteiger partial charge in [0.15, 0.2) is 5.75 Å². The van der Waals surface area contributed by atoms with Gasteiger partial charge in [-0.05, 0) is 69.0 Å². The molecule has 2 aliphatic heterocycles. The van der Waals surface area contributed by atoms with Crippen LogP contribution in [-0.2, 0) is 11.8 Å². The minimum atomic E-state index is -0.0627. The van der Waals surface area contributed by atoms with Gasteiger partial charge in [0.1, 0.15) is 30.3 Å². The summed E-state index contributed by atoms with van der Waals surface area (Å²) < 4.78 is 14.7. The number of aromatic nitrogens is 4. The minimum Gasteiger partial charge on any atom is -0.488 e. The molecule has 230 valence electrons. The number of carbonyl (C=O) groups excluding carboxylic acids is 1. The standard InChI is InChI=1S/C34H36N8O3/c1-22-16-23(7-12-30(22)45-25-8-10-28-27(17-25)37-21-40(28)4)38-34-32-26(35-20-36-34)9-11-29-33(32)44-19-24-18-41(29)14-15-42(24)31(43)6-5-13-39(2)3/h5-12,16-17,20-21,24H,13-15,18-19H2,1-4H3,(H,35,36,38)/b6-5+/t24-/m1/s1. The molecular weight excluding hydrogens is 568 g/mol. The third-order valence-corrected chi connectivity index (χ3v) is 8.36. The number of anilines is 3. The van der Waals surface area contributed by atoms with E-state index in [1.807, 2.05) is 91.0 Å². The number of likely N-dealkylation sites (N-methyl/N-ethyl adjacent to an activating group) is 1. The lowest BCUT2D eigenvalue weighted by molar-refractivity contribution is -0.129. The van der Waals surface area contributed by atoms with Crippen molar-refractivity contribution in [1.29, 1.82) is 0 Å². The molecule has 1 fully saturated rings. The topological polar surface area (TPSA) is 101 Å². The summed E-state index contributed by atoms with van der Waals surface area (Å²) in [7, 11) is 5.94. The van der Waals surface area contributed by atoms with Crippen LogP contribution in [0.5, 0.6) is 17.2 Å². The Kier molecular flexibility index (Phi) is 7.46. The maximum Gasteiger partial charge on any atom is 0.246 e. The van der Waals surface area contributed by atoms with E-state index < -0.39 is 0 Å². The maximum atomic E-state index is 13.0. The van der Waals surface area contributed by atoms with E-state index in [4.69, 9.17) is 9.47 Å². The number of nitrogens with zero attached hydrogens (tertiary/aromatic N) is 7. The van der Waals surface area contributed by atoms with Crippen LogP contribution in [0.15, 0.2) is 73.3 Å². The first-order valence-corrected chi connectivity index (χ1v) is 15.1. The van der Waals surface area contributed by atoms with Gasteiger partial charge in [-0.2, -0.15) is 0 Å². The van der Waals surface area contributed by atoms with E-state index in [0.29, 0.717) is 25.5 Å². The molecule has 0 aliphatic carbocycles. The summed E-state index contributed by atoms with van der Waals surface area (Å²) in [4.78, 5) is 32.9. The first-order chi connectivity index (χ1) is 21.8. The van der Waals surface area contributed by atoms with Crippen LogP contribution in [0.4, 0.5) is 17.2 Å². The molecule has 1 saturated heterocycles. The SMILES string of the molecule is Cc1cc(Nc2ncnc3ccc4c(c23)OC[C@H]2CN4CCN2C(=O)/C=C/CN(C)C)ccc1Oc1ccc2c(c1)ncn2C. The number of piperazine rings is 1. The van der Waals surface area contributed by atoms with Gasteiger partial charge in [0.2, 0.25) is 5.91 Å². The van der Waals surface area contributed by atoms with E-state index in [1.54, 1.807) is 18.7 Å². The fraction of sp³-hybridized carbons (Fsp3) is 0.294. The number of hydrogen-bond acceptors (Lipinski definition) is 9. The number of nitrogens with one attached hydrogen (secondary N) is 1. The van der Waals surface area contributed by atoms with Crippen LogP contribution < -0.4 is 19.7 Å². The van der Waals surface area contributed by atoms with E-state index in [0.717, 1.165) is 69.2 Å². The van der Waals surface area contributed by atoms with E-state index in [-0.39, 0.29) is 11.9 Å². The number of benzene rings is 3. The molecule has 7 rings (SSSR count). The summed E-state index contributed by atoms with van der Waals surface area (Å²) in [6.07, 6.45) is 6.94. The highest BCUT2D eigenvalue weighted by atomic mass is 16.5. The van der Waals surface area contributed by atoms with Crippen molar-refractivity contribution in [3.8, 4) is 17.2 Å². The number of carbonyl (C=O) groups is 1. The number of aryl methyl sites for hydroxylation is 2. The Balaban J connectivity index is 1.13. The van der Waals surface area contributed by atoms with E-state index in [9.17, 15) is 4.79 Å². The van der Waals surface area contributed by atoms with Crippen molar-refractivity contribution in [1.82, 2.24) is 29.3 Å². The first-order valence-electron chi connectivity index (χ1n) is 15.1. The summed E-state index contributed by atoms with van der Waals surface area (Å²) in [6, 6.07) is 15.9. The molecular formula is C34H36N8O3. The molecule has 0 radical (unpaired) electrons. The third-order valence-electron chi connectivity index (χ3n) is 8.36. The van der Waals surface area contributed by atoms with Gasteiger partial charge in [0.25, 0.3) is 0 Å². The second-order valence-electron chi connectivity index (χ2n) is 11.9. The van der Waals surface area contributed by atoms with Crippen molar-refractivity contribution in [2.24, 2.45) is 7.05 Å². The highest BCUT2D eigenvalue weighted by Gasteiger charge is 2.35. The van der Waals surface area contributed by atoms with Gasteiger partial charge in [-0.1, -0.05) is 6.08 Å². The van der Waals surface area contributed by atoms with Crippen LogP contribution in [0, 0.1) is 6.92 Å². The monoisotopic (exact) mass is 604 g/mol. The molecule has 1 N–H and O–H groups in total. The average Bonchev–Trinajstić information content (AvgIpc) is 3.33. The zero-order valence-corrected chi connectivity index (χ0v) is 25.9. The van der Waals surface area contributed by atoms with Crippen LogP contribution in [0.1, 0.15) is 5.56 Å². The predicted molar refractivity (Wildman–Crippen MR) is 176 cm³/mol. The lowest BCUT2D eigenvalue weighted by Gasteiger charge is -2.39. The lowest BCUT2D eigenvalue weighted by Crippen LogP contribution is -2.56. The van der Waals surface area contributed by atoms with Gasteiger partial charge in [0.05, 0.1) is 40.0 Å². The molecule has 3 aromatic carbocycles. The van der Waals surface area contributed by atoms with Crippen LogP contribution >= 0.6 is 0 Å². The number of imidazole rings is 1. The first kappa shape index (κ1) is 28.6. The molecule has 45 heavy (non-hydrogen) atoms. The molecule has 11 nitrogen and oxygen atoms in total. The second-order valence-corrected chi connectivity index (χ2v) is 11.9. The van der Waals surface area contributed by atoms with Crippen molar-refractivity contribution < 1.29 is 14.3 Å². The minimum absolute atomic E-state index is 0.0201. The smallest absolute Gasteiger partial charge is 0.246 e. The van der Waals surface area contributed by atoms with Gasteiger partial charge < -0.3 is 34.1 Å². The van der Waals surface area contributed by atoms with Crippen molar-refractivity contribution in [2.75, 3.05) is 57.1 Å². The van der Waals surface area contributed by atoms with Crippen LogP contribution in [0.3, 0.4) is 0 Å². The third kappa shape index (κ3) is 5.62. The number of hydrogen-bond donors (Lipinski definition) is 1. The number of fused-ring (bicyclic) bond motifs is 7. The quantitative estimate of drug-likeness (QED) is 0.260. The molecule has 1 amide bonds. The van der Waals surface area contributed by atoms with Crippen molar-refractivity contribution in [3.63, 3.8) is 0 Å². The Morgan fingerprint density at radius 3 is 2.82 bits per heavy atom. The number of ether oxygens (including phenoxy) is 2. The molecule has 11 heteroatoms. The zero-order valence-electron chi connectivity index (χ0n) is 25.9. The molecule has 1 atom stereocenters. The predicted octanol–water partition coefficient (Wildman–Crippen LogP) is 4.89. The molecule has 0 spiro atoms. The number of amides is 1. The summed E-state index contributed by atoms with van der Waals surface area (Å²) in [5.41, 5.74) is 5.55. The van der Waals surface area contributed by atoms with Gasteiger partial charge >= 0.3 is 0 Å². The molecule has 2 aliphatic rings. The molecule has 2 bridgehead atoms. The number of rotatable bonds is 7.